The van der Waals surface area contributed by atoms with Crippen LogP contribution in [0.15, 0.2) is 72.6 Å². The molecule has 0 radical (unpaired) electrons. The molecular formula is C28H27N7O. The Morgan fingerprint density at radius 1 is 1.08 bits per heavy atom. The number of benzene rings is 1. The summed E-state index contributed by atoms with van der Waals surface area (Å²) in [6, 6.07) is 14.4. The van der Waals surface area contributed by atoms with Gasteiger partial charge in [0.2, 0.25) is 11.8 Å². The van der Waals surface area contributed by atoms with Crippen LogP contribution in [0.2, 0.25) is 0 Å². The summed E-state index contributed by atoms with van der Waals surface area (Å²) >= 11 is 0. The van der Waals surface area contributed by atoms with E-state index in [0.717, 1.165) is 46.7 Å². The maximum atomic E-state index is 10.1. The maximum Gasteiger partial charge on any atom is 0.224 e. The number of nitriles is 1. The first kappa shape index (κ1) is 22.1. The molecule has 1 unspecified atom stereocenters. The van der Waals surface area contributed by atoms with Gasteiger partial charge in [0.15, 0.2) is 0 Å². The minimum Gasteiger partial charge on any atom is -0.422 e. The van der Waals surface area contributed by atoms with Gasteiger partial charge in [0.05, 0.1) is 17.2 Å². The smallest absolute Gasteiger partial charge is 0.224 e. The van der Waals surface area contributed by atoms with Crippen LogP contribution in [-0.4, -0.2) is 24.3 Å². The van der Waals surface area contributed by atoms with E-state index in [-0.39, 0.29) is 11.8 Å². The second-order valence-electron chi connectivity index (χ2n) is 9.44. The van der Waals surface area contributed by atoms with Crippen molar-refractivity contribution in [1.29, 1.82) is 5.26 Å². The first-order chi connectivity index (χ1) is 17.7. The minimum absolute atomic E-state index is 0.144. The molecule has 2 aliphatic rings. The summed E-state index contributed by atoms with van der Waals surface area (Å²) in [5.41, 5.74) is 11.6. The Labute approximate surface area is 209 Å². The van der Waals surface area contributed by atoms with Crippen molar-refractivity contribution in [2.75, 3.05) is 0 Å². The van der Waals surface area contributed by atoms with Crippen molar-refractivity contribution in [2.45, 2.75) is 43.9 Å². The monoisotopic (exact) mass is 477 g/mol. The molecule has 3 aromatic heterocycles. The number of rotatable bonds is 4. The van der Waals surface area contributed by atoms with Gasteiger partial charge in [-0.2, -0.15) is 10.4 Å². The van der Waals surface area contributed by atoms with Gasteiger partial charge in [-0.05, 0) is 42.7 Å². The Bertz CT molecular complexity index is 1470. The third-order valence-corrected chi connectivity index (χ3v) is 7.28. The van der Waals surface area contributed by atoms with Crippen LogP contribution in [0.3, 0.4) is 0 Å². The van der Waals surface area contributed by atoms with Crippen molar-refractivity contribution < 1.29 is 4.74 Å². The van der Waals surface area contributed by atoms with Crippen molar-refractivity contribution in [3.05, 3.63) is 89.5 Å². The van der Waals surface area contributed by atoms with Gasteiger partial charge < -0.3 is 10.5 Å². The molecule has 0 amide bonds. The van der Waals surface area contributed by atoms with Crippen LogP contribution >= 0.6 is 0 Å². The molecule has 2 N–H and O–H groups in total. The number of allylic oxidation sites excluding steroid dienone is 1. The molecule has 180 valence electrons. The summed E-state index contributed by atoms with van der Waals surface area (Å²) in [5, 5.41) is 15.0. The zero-order valence-electron chi connectivity index (χ0n) is 20.1. The molecule has 36 heavy (non-hydrogen) atoms. The highest BCUT2D eigenvalue weighted by Gasteiger charge is 2.38. The number of nitrogens with zero attached hydrogens (tertiary/aromatic N) is 6. The van der Waals surface area contributed by atoms with Gasteiger partial charge in [0, 0.05) is 49.0 Å². The van der Waals surface area contributed by atoms with Gasteiger partial charge in [-0.15, -0.1) is 0 Å². The first-order valence-corrected chi connectivity index (χ1v) is 12.3. The van der Waals surface area contributed by atoms with Gasteiger partial charge in [0.1, 0.15) is 17.5 Å². The van der Waals surface area contributed by atoms with Crippen LogP contribution in [0.1, 0.15) is 60.8 Å². The molecule has 1 aliphatic carbocycles. The van der Waals surface area contributed by atoms with Gasteiger partial charge in [-0.25, -0.2) is 9.67 Å². The average Bonchev–Trinajstić information content (AvgIpc) is 3.54. The van der Waals surface area contributed by atoms with Gasteiger partial charge in [-0.1, -0.05) is 31.4 Å². The average molecular weight is 478 g/mol. The molecule has 1 saturated carbocycles. The number of aromatic nitrogens is 5. The lowest BCUT2D eigenvalue weighted by atomic mass is 9.78. The molecule has 1 fully saturated rings. The lowest BCUT2D eigenvalue weighted by Crippen LogP contribution is -2.22. The number of imidazole rings is 1. The number of hydrogen-bond donors (Lipinski definition) is 1. The Balaban J connectivity index is 1.43. The Morgan fingerprint density at radius 2 is 1.89 bits per heavy atom. The summed E-state index contributed by atoms with van der Waals surface area (Å²) < 4.78 is 9.76. The largest absolute Gasteiger partial charge is 0.422 e. The minimum atomic E-state index is -0.320. The zero-order chi connectivity index (χ0) is 24.6. The molecule has 0 saturated heterocycles. The molecule has 4 aromatic rings. The molecule has 4 heterocycles. The fourth-order valence-electron chi connectivity index (χ4n) is 5.56. The standard InChI is InChI=1S/C28H27N7O/c1-34-28-24(25(33-34)19-6-3-2-4-7-19)23(22(16-29)26(30)36-28)18-9-11-21(12-10-18)35-15-14-32-27(35)20-8-5-13-31-17-20/h5,8-15,17,19,23H,2-4,6-7,30H2,1H3. The lowest BCUT2D eigenvalue weighted by molar-refractivity contribution is 0.358. The number of pyridine rings is 1. The molecule has 1 aliphatic heterocycles. The van der Waals surface area contributed by atoms with E-state index < -0.39 is 0 Å². The number of nitrogens with two attached hydrogens (primary N) is 1. The number of ether oxygens (including phenoxy) is 1. The maximum absolute atomic E-state index is 10.1. The second kappa shape index (κ2) is 9.00. The molecule has 8 nitrogen and oxygen atoms in total. The normalized spacial score (nSPS) is 17.9. The third-order valence-electron chi connectivity index (χ3n) is 7.28. The van der Waals surface area contributed by atoms with Crippen molar-refractivity contribution in [3.63, 3.8) is 0 Å². The Hall–Kier alpha value is -4.38. The van der Waals surface area contributed by atoms with Gasteiger partial charge in [0.25, 0.3) is 0 Å². The van der Waals surface area contributed by atoms with Crippen molar-refractivity contribution in [2.24, 2.45) is 12.8 Å². The molecule has 1 atom stereocenters. The second-order valence-corrected chi connectivity index (χ2v) is 9.44. The summed E-state index contributed by atoms with van der Waals surface area (Å²) in [7, 11) is 1.88. The Morgan fingerprint density at radius 3 is 2.61 bits per heavy atom. The topological polar surface area (TPSA) is 108 Å². The van der Waals surface area contributed by atoms with E-state index in [1.54, 1.807) is 23.3 Å². The Kier molecular flexibility index (Phi) is 5.53. The van der Waals surface area contributed by atoms with Crippen molar-refractivity contribution in [3.8, 4) is 29.0 Å². The van der Waals surface area contributed by atoms with Gasteiger partial charge in [-0.3, -0.25) is 9.55 Å². The quantitative estimate of drug-likeness (QED) is 0.446. The highest BCUT2D eigenvalue weighted by Crippen LogP contribution is 2.47. The molecular weight excluding hydrogens is 450 g/mol. The highest BCUT2D eigenvalue weighted by atomic mass is 16.5. The number of fused-ring (bicyclic) bond motifs is 1. The predicted octanol–water partition coefficient (Wildman–Crippen LogP) is 4.93. The highest BCUT2D eigenvalue weighted by molar-refractivity contribution is 5.59. The van der Waals surface area contributed by atoms with E-state index in [4.69, 9.17) is 15.6 Å². The van der Waals surface area contributed by atoms with E-state index in [1.807, 2.05) is 42.1 Å². The SMILES string of the molecule is Cn1nc(C2CCCCC2)c2c1OC(N)=C(C#N)C2c1ccc(-n2ccnc2-c2cccnc2)cc1. The molecule has 8 heteroatoms. The van der Waals surface area contributed by atoms with Crippen molar-refractivity contribution in [1.82, 2.24) is 24.3 Å². The molecule has 0 bridgehead atoms. The van der Waals surface area contributed by atoms with Crippen LogP contribution in [0.4, 0.5) is 0 Å². The summed E-state index contributed by atoms with van der Waals surface area (Å²) in [5.74, 6) is 1.64. The number of aryl methyl sites for hydroxylation is 1. The predicted molar refractivity (Wildman–Crippen MR) is 135 cm³/mol. The van der Waals surface area contributed by atoms with E-state index in [2.05, 4.69) is 28.2 Å². The zero-order valence-corrected chi connectivity index (χ0v) is 20.1. The summed E-state index contributed by atoms with van der Waals surface area (Å²) in [6.45, 7) is 0. The van der Waals surface area contributed by atoms with Crippen LogP contribution < -0.4 is 10.5 Å². The van der Waals surface area contributed by atoms with Crippen LogP contribution in [0, 0.1) is 11.3 Å². The van der Waals surface area contributed by atoms with E-state index in [0.29, 0.717) is 17.4 Å². The van der Waals surface area contributed by atoms with Gasteiger partial charge >= 0.3 is 0 Å². The fraction of sp³-hybridized carbons (Fsp3) is 0.286. The van der Waals surface area contributed by atoms with E-state index >= 15 is 0 Å². The summed E-state index contributed by atoms with van der Waals surface area (Å²) in [4.78, 5) is 8.76. The van der Waals surface area contributed by atoms with E-state index in [1.165, 1.54) is 19.3 Å². The van der Waals surface area contributed by atoms with Crippen LogP contribution in [0.25, 0.3) is 17.1 Å². The van der Waals surface area contributed by atoms with E-state index in [9.17, 15) is 5.26 Å². The van der Waals surface area contributed by atoms with Crippen LogP contribution in [-0.2, 0) is 7.05 Å². The third kappa shape index (κ3) is 3.64. The molecule has 1 aromatic carbocycles. The fourth-order valence-corrected chi connectivity index (χ4v) is 5.56. The molecule has 6 rings (SSSR count). The lowest BCUT2D eigenvalue weighted by Gasteiger charge is -2.27. The van der Waals surface area contributed by atoms with Crippen LogP contribution in [0.5, 0.6) is 5.88 Å². The molecule has 0 spiro atoms. The van der Waals surface area contributed by atoms with Crippen molar-refractivity contribution >= 4 is 0 Å². The first-order valence-electron chi connectivity index (χ1n) is 12.3. The number of hydrogen-bond acceptors (Lipinski definition) is 6. The summed E-state index contributed by atoms with van der Waals surface area (Å²) in [6.07, 6.45) is 13.1.